The van der Waals surface area contributed by atoms with Crippen LogP contribution in [0, 0.1) is 5.82 Å². The van der Waals surface area contributed by atoms with E-state index in [4.69, 9.17) is 11.6 Å². The van der Waals surface area contributed by atoms with E-state index in [1.807, 2.05) is 13.1 Å². The van der Waals surface area contributed by atoms with Crippen LogP contribution in [0.2, 0.25) is 5.02 Å². The summed E-state index contributed by atoms with van der Waals surface area (Å²) in [6, 6.07) is 15.7. The molecular formula is C28H30ClFN2S2. The first-order valence-corrected chi connectivity index (χ1v) is 13.7. The lowest BCUT2D eigenvalue weighted by atomic mass is 9.81. The number of hydrogen-bond donors (Lipinski definition) is 1. The van der Waals surface area contributed by atoms with Gasteiger partial charge in [-0.2, -0.15) is 11.3 Å². The second-order valence-corrected chi connectivity index (χ2v) is 10.8. The number of allylic oxidation sites excluding steroid dienone is 1. The summed E-state index contributed by atoms with van der Waals surface area (Å²) in [5.74, 6) is -0.335. The molecule has 0 radical (unpaired) electrons. The summed E-state index contributed by atoms with van der Waals surface area (Å²) >= 11 is 9.47. The minimum absolute atomic E-state index is 0.335. The number of rotatable bonds is 9. The number of nitrogens with one attached hydrogen (secondary N) is 1. The van der Waals surface area contributed by atoms with Crippen molar-refractivity contribution in [1.29, 1.82) is 0 Å². The van der Waals surface area contributed by atoms with Gasteiger partial charge in [-0.1, -0.05) is 54.2 Å². The predicted octanol–water partition coefficient (Wildman–Crippen LogP) is 8.25. The van der Waals surface area contributed by atoms with E-state index in [9.17, 15) is 4.39 Å². The van der Waals surface area contributed by atoms with Gasteiger partial charge in [0.1, 0.15) is 5.82 Å². The van der Waals surface area contributed by atoms with E-state index in [1.165, 1.54) is 60.0 Å². The predicted molar refractivity (Wildman–Crippen MR) is 147 cm³/mol. The van der Waals surface area contributed by atoms with Crippen LogP contribution in [0.3, 0.4) is 0 Å². The van der Waals surface area contributed by atoms with Gasteiger partial charge >= 0.3 is 0 Å². The lowest BCUT2D eigenvalue weighted by molar-refractivity contribution is 0.444. The van der Waals surface area contributed by atoms with Gasteiger partial charge in [-0.15, -0.1) is 0 Å². The molecule has 1 aliphatic rings. The normalized spacial score (nSPS) is 16.3. The quantitative estimate of drug-likeness (QED) is 0.229. The second kappa shape index (κ2) is 11.6. The van der Waals surface area contributed by atoms with Crippen LogP contribution >= 0.6 is 34.7 Å². The molecule has 2 nitrogen and oxygen atoms in total. The number of hydrogen-bond acceptors (Lipinski definition) is 4. The maximum Gasteiger partial charge on any atom is 0.124 e. The Morgan fingerprint density at radius 3 is 2.53 bits per heavy atom. The van der Waals surface area contributed by atoms with Crippen LogP contribution in [0.5, 0.6) is 0 Å². The van der Waals surface area contributed by atoms with Gasteiger partial charge in [-0.05, 0) is 91.0 Å². The van der Waals surface area contributed by atoms with Gasteiger partial charge in [0.05, 0.1) is 10.6 Å². The number of anilines is 1. The number of halogens is 2. The smallest absolute Gasteiger partial charge is 0.124 e. The molecule has 2 heterocycles. The topological polar surface area (TPSA) is 15.3 Å². The first-order chi connectivity index (χ1) is 16.6. The van der Waals surface area contributed by atoms with E-state index in [1.54, 1.807) is 17.4 Å². The molecule has 4 rings (SSSR count). The lowest BCUT2D eigenvalue weighted by Gasteiger charge is -2.34. The zero-order chi connectivity index (χ0) is 24.0. The molecule has 178 valence electrons. The largest absolute Gasteiger partial charge is 0.372 e. The van der Waals surface area contributed by atoms with Crippen molar-refractivity contribution in [2.45, 2.75) is 36.1 Å². The number of benzene rings is 2. The molecule has 0 aliphatic carbocycles. The van der Waals surface area contributed by atoms with E-state index >= 15 is 0 Å². The molecule has 1 aromatic heterocycles. The van der Waals surface area contributed by atoms with Crippen LogP contribution < -0.4 is 10.2 Å². The number of nitrogens with zero attached hydrogens (tertiary/aromatic N) is 1. The molecule has 34 heavy (non-hydrogen) atoms. The van der Waals surface area contributed by atoms with E-state index in [2.05, 4.69) is 64.0 Å². The van der Waals surface area contributed by atoms with Crippen LogP contribution in [0.1, 0.15) is 36.8 Å². The highest BCUT2D eigenvalue weighted by Crippen LogP contribution is 2.39. The van der Waals surface area contributed by atoms with Gasteiger partial charge in [0.25, 0.3) is 0 Å². The van der Waals surface area contributed by atoms with Crippen molar-refractivity contribution in [2.75, 3.05) is 25.0 Å². The maximum atomic E-state index is 13.5. The summed E-state index contributed by atoms with van der Waals surface area (Å²) in [4.78, 5) is 4.27. The standard InChI is InChI=1S/C28H30ClFN2S2/c1-3-25(34-27-12-9-23(30)19-26(27)29)13-15-28(31-2,22-14-18-33-20-22)21-7-10-24(11-8-21)32-16-5-4-6-17-32/h3,7-14,18-20,31H,1,4-6,15-17H2,2H3/b25-13+. The van der Waals surface area contributed by atoms with Crippen LogP contribution in [0.25, 0.3) is 0 Å². The molecule has 1 N–H and O–H groups in total. The van der Waals surface area contributed by atoms with Gasteiger partial charge in [0.2, 0.25) is 0 Å². The molecule has 6 heteroatoms. The van der Waals surface area contributed by atoms with Gasteiger partial charge in [0.15, 0.2) is 0 Å². The highest BCUT2D eigenvalue weighted by molar-refractivity contribution is 8.03. The van der Waals surface area contributed by atoms with E-state index < -0.39 is 0 Å². The number of piperidine rings is 1. The van der Waals surface area contributed by atoms with Crippen molar-refractivity contribution < 1.29 is 4.39 Å². The highest BCUT2D eigenvalue weighted by atomic mass is 35.5. The van der Waals surface area contributed by atoms with Crippen molar-refractivity contribution in [1.82, 2.24) is 5.32 Å². The van der Waals surface area contributed by atoms with Crippen LogP contribution in [-0.2, 0) is 5.54 Å². The zero-order valence-corrected chi connectivity index (χ0v) is 21.8. The summed E-state index contributed by atoms with van der Waals surface area (Å²) in [5.41, 5.74) is 3.37. The Bertz CT molecular complexity index is 1120. The first-order valence-electron chi connectivity index (χ1n) is 11.6. The summed E-state index contributed by atoms with van der Waals surface area (Å²) in [6.45, 7) is 6.27. The first kappa shape index (κ1) is 25.1. The Hall–Kier alpha value is -2.05. The summed E-state index contributed by atoms with van der Waals surface area (Å²) in [5, 5.41) is 8.36. The highest BCUT2D eigenvalue weighted by Gasteiger charge is 2.32. The van der Waals surface area contributed by atoms with E-state index in [0.29, 0.717) is 5.02 Å². The molecule has 1 fully saturated rings. The SMILES string of the molecule is C=C/C(=C\CC(NC)(c1ccc(N2CCCCC2)cc1)c1ccsc1)Sc1ccc(F)cc1Cl. The maximum absolute atomic E-state index is 13.5. The summed E-state index contributed by atoms with van der Waals surface area (Å²) in [7, 11) is 2.02. The minimum Gasteiger partial charge on any atom is -0.372 e. The number of thiophene rings is 1. The van der Waals surface area contributed by atoms with Crippen molar-refractivity contribution in [3.05, 3.63) is 105 Å². The Kier molecular flexibility index (Phi) is 8.54. The Morgan fingerprint density at radius 1 is 1.15 bits per heavy atom. The summed E-state index contributed by atoms with van der Waals surface area (Å²) < 4.78 is 13.5. The van der Waals surface area contributed by atoms with Gasteiger partial charge in [0, 0.05) is 28.6 Å². The third kappa shape index (κ3) is 5.60. The average Bonchev–Trinajstić information content (AvgIpc) is 3.42. The molecular weight excluding hydrogens is 483 g/mol. The fourth-order valence-corrected chi connectivity index (χ4v) is 6.32. The monoisotopic (exact) mass is 512 g/mol. The Labute approximate surface area is 215 Å². The van der Waals surface area contributed by atoms with Gasteiger partial charge in [-0.25, -0.2) is 4.39 Å². The van der Waals surface area contributed by atoms with E-state index in [0.717, 1.165) is 29.3 Å². The van der Waals surface area contributed by atoms with Crippen molar-refractivity contribution >= 4 is 40.4 Å². The lowest BCUT2D eigenvalue weighted by Crippen LogP contribution is -2.40. The van der Waals surface area contributed by atoms with Crippen LogP contribution in [-0.4, -0.2) is 20.1 Å². The van der Waals surface area contributed by atoms with Crippen molar-refractivity contribution in [2.24, 2.45) is 0 Å². The van der Waals surface area contributed by atoms with Gasteiger partial charge < -0.3 is 10.2 Å². The molecule has 3 aromatic rings. The molecule has 0 amide bonds. The van der Waals surface area contributed by atoms with Crippen LogP contribution in [0.15, 0.2) is 87.8 Å². The molecule has 0 spiro atoms. The number of thioether (sulfide) groups is 1. The van der Waals surface area contributed by atoms with Crippen molar-refractivity contribution in [3.8, 4) is 0 Å². The molecule has 0 saturated carbocycles. The second-order valence-electron chi connectivity index (χ2n) is 8.45. The van der Waals surface area contributed by atoms with Crippen LogP contribution in [0.4, 0.5) is 10.1 Å². The molecule has 1 aliphatic heterocycles. The van der Waals surface area contributed by atoms with E-state index in [-0.39, 0.29) is 11.4 Å². The summed E-state index contributed by atoms with van der Waals surface area (Å²) in [6.07, 6.45) is 8.61. The van der Waals surface area contributed by atoms with Gasteiger partial charge in [-0.3, -0.25) is 0 Å². The molecule has 2 aromatic carbocycles. The molecule has 0 bridgehead atoms. The third-order valence-electron chi connectivity index (χ3n) is 6.45. The third-order valence-corrected chi connectivity index (χ3v) is 8.71. The Balaban J connectivity index is 1.63. The zero-order valence-electron chi connectivity index (χ0n) is 19.4. The Morgan fingerprint density at radius 2 is 1.91 bits per heavy atom. The fourth-order valence-electron chi connectivity index (χ4n) is 4.51. The average molecular weight is 513 g/mol. The molecule has 1 unspecified atom stereocenters. The van der Waals surface area contributed by atoms with Crippen molar-refractivity contribution in [3.63, 3.8) is 0 Å². The molecule has 1 atom stereocenters. The minimum atomic E-state index is -0.373. The fraction of sp³-hybridized carbons (Fsp3) is 0.286. The molecule has 1 saturated heterocycles.